The third-order valence-corrected chi connectivity index (χ3v) is 1.06. The van der Waals surface area contributed by atoms with Gasteiger partial charge in [0.1, 0.15) is 6.67 Å². The Balaban J connectivity index is 0.000000265. The predicted molar refractivity (Wildman–Crippen MR) is 43.6 cm³/mol. The van der Waals surface area contributed by atoms with Gasteiger partial charge in [-0.05, 0) is 6.08 Å². The smallest absolute Gasteiger partial charge is 0.475 e. The Morgan fingerprint density at radius 1 is 1.60 bits per heavy atom. The van der Waals surface area contributed by atoms with E-state index in [2.05, 4.69) is 4.99 Å². The molecule has 0 unspecified atom stereocenters. The number of nitriles is 1. The molecule has 1 rings (SSSR count). The fraction of sp³-hybridized carbons (Fsp3) is 0.286. The van der Waals surface area contributed by atoms with Crippen molar-refractivity contribution in [1.29, 1.82) is 5.26 Å². The molecule has 0 amide bonds. The van der Waals surface area contributed by atoms with E-state index < -0.39 is 12.1 Å². The molecule has 8 heteroatoms. The Bertz CT molecular complexity index is 316. The summed E-state index contributed by atoms with van der Waals surface area (Å²) in [4.78, 5) is 14.2. The van der Waals surface area contributed by atoms with Gasteiger partial charge in [-0.1, -0.05) is 0 Å². The van der Waals surface area contributed by atoms with Crippen LogP contribution in [-0.2, 0) is 4.79 Å². The average Bonchev–Trinajstić information content (AvgIpc) is 2.18. The maximum atomic E-state index is 10.6. The van der Waals surface area contributed by atoms with E-state index in [0.717, 1.165) is 0 Å². The van der Waals surface area contributed by atoms with Gasteiger partial charge in [-0.15, -0.1) is 0 Å². The zero-order chi connectivity index (χ0) is 11.9. The van der Waals surface area contributed by atoms with Crippen molar-refractivity contribution < 1.29 is 23.1 Å². The highest BCUT2D eigenvalue weighted by Gasteiger charge is 2.38. The lowest BCUT2D eigenvalue weighted by Gasteiger charge is -2.06. The molecule has 15 heavy (non-hydrogen) atoms. The third kappa shape index (κ3) is 6.09. The van der Waals surface area contributed by atoms with E-state index >= 15 is 0 Å². The Morgan fingerprint density at radius 3 is 2.33 bits per heavy atom. The quantitative estimate of drug-likeness (QED) is 0.618. The normalized spacial score (nSPS) is 13.9. The van der Waals surface area contributed by atoms with E-state index in [9.17, 15) is 13.2 Å². The molecule has 0 fully saturated rings. The summed E-state index contributed by atoms with van der Waals surface area (Å²) >= 11 is 0. The minimum absolute atomic E-state index is 0.465. The summed E-state index contributed by atoms with van der Waals surface area (Å²) in [5, 5.41) is 15.4. The van der Waals surface area contributed by atoms with Crippen molar-refractivity contribution in [2.75, 3.05) is 6.67 Å². The lowest BCUT2D eigenvalue weighted by Crippen LogP contribution is -2.21. The molecule has 1 aliphatic rings. The van der Waals surface area contributed by atoms with Crippen molar-refractivity contribution in [3.63, 3.8) is 0 Å². The van der Waals surface area contributed by atoms with Crippen molar-refractivity contribution in [2.45, 2.75) is 6.18 Å². The molecule has 1 N–H and O–H groups in total. The predicted octanol–water partition coefficient (Wildman–Crippen LogP) is 0.958. The van der Waals surface area contributed by atoms with Gasteiger partial charge in [0.2, 0.25) is 0 Å². The van der Waals surface area contributed by atoms with E-state index in [4.69, 9.17) is 15.2 Å². The molecule has 0 aromatic rings. The van der Waals surface area contributed by atoms with Crippen LogP contribution in [-0.4, -0.2) is 35.0 Å². The number of nitrogens with zero attached hydrogens (tertiary/aromatic N) is 3. The number of hydrogen-bond acceptors (Lipinski definition) is 4. The average molecular weight is 221 g/mol. The van der Waals surface area contributed by atoms with Gasteiger partial charge < -0.3 is 5.11 Å². The van der Waals surface area contributed by atoms with E-state index in [1.165, 1.54) is 4.90 Å². The summed E-state index contributed by atoms with van der Waals surface area (Å²) < 4.78 is 31.7. The summed E-state index contributed by atoms with van der Waals surface area (Å²) in [6.07, 6.45) is 1.94. The van der Waals surface area contributed by atoms with Crippen LogP contribution in [0.25, 0.3) is 0 Å². The summed E-state index contributed by atoms with van der Waals surface area (Å²) in [6, 6.07) is 0. The number of allylic oxidation sites excluding steroid dienone is 1. The number of aliphatic carboxylic acids is 1. The Morgan fingerprint density at radius 2 is 2.13 bits per heavy atom. The summed E-state index contributed by atoms with van der Waals surface area (Å²) in [5.74, 6) is -2.76. The minimum atomic E-state index is -5.08. The van der Waals surface area contributed by atoms with Crippen LogP contribution in [0.3, 0.4) is 0 Å². The largest absolute Gasteiger partial charge is 0.490 e. The van der Waals surface area contributed by atoms with Crippen LogP contribution >= 0.6 is 0 Å². The minimum Gasteiger partial charge on any atom is -0.475 e. The van der Waals surface area contributed by atoms with Gasteiger partial charge in [-0.3, -0.25) is 9.89 Å². The van der Waals surface area contributed by atoms with Gasteiger partial charge >= 0.3 is 12.1 Å². The first-order valence-corrected chi connectivity index (χ1v) is 3.51. The zero-order valence-electron chi connectivity index (χ0n) is 7.27. The maximum Gasteiger partial charge on any atom is 0.490 e. The first-order chi connectivity index (χ1) is 6.88. The highest BCUT2D eigenvalue weighted by molar-refractivity contribution is 5.73. The second-order valence-electron chi connectivity index (χ2n) is 2.19. The van der Waals surface area contributed by atoms with Crippen LogP contribution in [0.1, 0.15) is 0 Å². The molecule has 82 valence electrons. The number of hydrogen-bond donors (Lipinski definition) is 1. The highest BCUT2D eigenvalue weighted by atomic mass is 19.4. The molecule has 1 heterocycles. The van der Waals surface area contributed by atoms with Crippen molar-refractivity contribution >= 4 is 12.2 Å². The van der Waals surface area contributed by atoms with Crippen LogP contribution in [0.5, 0.6) is 0 Å². The highest BCUT2D eigenvalue weighted by Crippen LogP contribution is 2.13. The molecule has 0 aromatic heterocycles. The molecule has 5 nitrogen and oxygen atoms in total. The monoisotopic (exact) mass is 221 g/mol. The number of aliphatic imine (C=N–C) groups is 1. The zero-order valence-corrected chi connectivity index (χ0v) is 7.27. The number of alkyl halides is 3. The second-order valence-corrected chi connectivity index (χ2v) is 2.19. The molecule has 0 spiro atoms. The third-order valence-electron chi connectivity index (χ3n) is 1.06. The van der Waals surface area contributed by atoms with E-state index in [1.54, 1.807) is 18.5 Å². The summed E-state index contributed by atoms with van der Waals surface area (Å²) in [6.45, 7) is 0.465. The molecular weight excluding hydrogens is 215 g/mol. The lowest BCUT2D eigenvalue weighted by molar-refractivity contribution is -0.192. The van der Waals surface area contributed by atoms with Gasteiger partial charge in [-0.25, -0.2) is 4.79 Å². The van der Waals surface area contributed by atoms with Gasteiger partial charge in [0.15, 0.2) is 6.19 Å². The summed E-state index contributed by atoms with van der Waals surface area (Å²) in [7, 11) is 0. The van der Waals surface area contributed by atoms with Gasteiger partial charge in [0.05, 0.1) is 0 Å². The Labute approximate surface area is 82.7 Å². The van der Waals surface area contributed by atoms with Gasteiger partial charge in [0, 0.05) is 12.4 Å². The van der Waals surface area contributed by atoms with Crippen molar-refractivity contribution in [3.8, 4) is 6.19 Å². The number of halogens is 3. The van der Waals surface area contributed by atoms with E-state index in [0.29, 0.717) is 6.67 Å². The standard InChI is InChI=1S/C5H5N3.C2HF3O2/c6-4-8-3-1-2-7-5-8;3-2(4,5)1(6)7/h1-3H,5H2;(H,6,7). The van der Waals surface area contributed by atoms with Crippen molar-refractivity contribution in [1.82, 2.24) is 4.90 Å². The SMILES string of the molecule is N#CN1C=CC=NC1.O=C(O)C(F)(F)F. The Kier molecular flexibility index (Phi) is 4.87. The Hall–Kier alpha value is -2.04. The molecular formula is C7H6F3N3O2. The van der Waals surface area contributed by atoms with Crippen LogP contribution in [0, 0.1) is 11.5 Å². The fourth-order valence-corrected chi connectivity index (χ4v) is 0.450. The molecule has 1 aliphatic heterocycles. The molecule has 0 radical (unpaired) electrons. The number of carboxylic acids is 1. The molecule has 0 aromatic carbocycles. The number of carboxylic acid groups (broad SMARTS) is 1. The number of carbonyl (C=O) groups is 1. The molecule has 0 atom stereocenters. The lowest BCUT2D eigenvalue weighted by atomic mass is 10.6. The molecule has 0 saturated heterocycles. The van der Waals surface area contributed by atoms with E-state index in [1.807, 2.05) is 6.19 Å². The first kappa shape index (κ1) is 13.0. The van der Waals surface area contributed by atoms with E-state index in [-0.39, 0.29) is 0 Å². The fourth-order valence-electron chi connectivity index (χ4n) is 0.450. The van der Waals surface area contributed by atoms with Crippen LogP contribution in [0.2, 0.25) is 0 Å². The van der Waals surface area contributed by atoms with Crippen molar-refractivity contribution in [3.05, 3.63) is 12.3 Å². The molecule has 0 saturated carbocycles. The second kappa shape index (κ2) is 5.64. The van der Waals surface area contributed by atoms with Crippen LogP contribution in [0.4, 0.5) is 13.2 Å². The van der Waals surface area contributed by atoms with Crippen molar-refractivity contribution in [2.24, 2.45) is 4.99 Å². The van der Waals surface area contributed by atoms with Crippen LogP contribution in [0.15, 0.2) is 17.3 Å². The van der Waals surface area contributed by atoms with Gasteiger partial charge in [0.25, 0.3) is 0 Å². The maximum absolute atomic E-state index is 10.6. The topological polar surface area (TPSA) is 76.7 Å². The summed E-state index contributed by atoms with van der Waals surface area (Å²) in [5.41, 5.74) is 0. The van der Waals surface area contributed by atoms with Crippen LogP contribution < -0.4 is 0 Å². The number of rotatable bonds is 0. The molecule has 0 bridgehead atoms. The van der Waals surface area contributed by atoms with Gasteiger partial charge in [-0.2, -0.15) is 18.4 Å². The molecule has 0 aliphatic carbocycles. The first-order valence-electron chi connectivity index (χ1n) is 3.51.